The Bertz CT molecular complexity index is 314. The summed E-state index contributed by atoms with van der Waals surface area (Å²) < 4.78 is 0. The van der Waals surface area contributed by atoms with E-state index in [0.29, 0.717) is 6.42 Å². The van der Waals surface area contributed by atoms with E-state index < -0.39 is 5.97 Å². The summed E-state index contributed by atoms with van der Waals surface area (Å²) in [6, 6.07) is 0.837. The first-order valence-corrected chi connectivity index (χ1v) is 12.6. The van der Waals surface area contributed by atoms with Crippen LogP contribution in [0.15, 0.2) is 0 Å². The monoisotopic (exact) mass is 397 g/mol. The number of nitrogens with one attached hydrogen (secondary N) is 1. The first-order chi connectivity index (χ1) is 13.7. The van der Waals surface area contributed by atoms with Crippen molar-refractivity contribution in [1.82, 2.24) is 5.32 Å². The number of hydrogen-bond donors (Lipinski definition) is 2. The van der Waals surface area contributed by atoms with Gasteiger partial charge in [-0.3, -0.25) is 4.79 Å². The highest BCUT2D eigenvalue weighted by atomic mass is 16.4. The molecule has 0 amide bonds. The van der Waals surface area contributed by atoms with Crippen LogP contribution in [-0.2, 0) is 4.79 Å². The first-order valence-electron chi connectivity index (χ1n) is 12.6. The highest BCUT2D eigenvalue weighted by Crippen LogP contribution is 2.16. The molecule has 1 rings (SSSR count). The van der Waals surface area contributed by atoms with E-state index in [9.17, 15) is 4.79 Å². The van der Waals surface area contributed by atoms with E-state index in [4.69, 9.17) is 5.11 Å². The maximum Gasteiger partial charge on any atom is 0.303 e. The van der Waals surface area contributed by atoms with Crippen molar-refractivity contribution in [2.75, 3.05) is 7.05 Å². The lowest BCUT2D eigenvalue weighted by molar-refractivity contribution is -0.137. The molecule has 3 nitrogen and oxygen atoms in total. The first kappa shape index (κ1) is 27.4. The summed E-state index contributed by atoms with van der Waals surface area (Å²) in [5.41, 5.74) is 0. The van der Waals surface area contributed by atoms with Crippen molar-refractivity contribution in [2.24, 2.45) is 0 Å². The molecule has 0 bridgehead atoms. The molecule has 28 heavy (non-hydrogen) atoms. The predicted molar refractivity (Wildman–Crippen MR) is 123 cm³/mol. The molecule has 0 aromatic rings. The number of carboxylic acids is 1. The van der Waals surface area contributed by atoms with E-state index in [-0.39, 0.29) is 0 Å². The minimum Gasteiger partial charge on any atom is -0.481 e. The second-order valence-corrected chi connectivity index (χ2v) is 8.72. The number of carbonyl (C=O) groups is 1. The molecule has 0 aromatic carbocycles. The van der Waals surface area contributed by atoms with Gasteiger partial charge in [-0.2, -0.15) is 0 Å². The summed E-state index contributed by atoms with van der Waals surface area (Å²) in [6.45, 7) is 2.27. The summed E-state index contributed by atoms with van der Waals surface area (Å²) in [5.74, 6) is -0.653. The van der Waals surface area contributed by atoms with Gasteiger partial charge in [0.05, 0.1) is 0 Å². The Morgan fingerprint density at radius 1 is 0.714 bits per heavy atom. The number of carboxylic acid groups (broad SMARTS) is 1. The van der Waals surface area contributed by atoms with Crippen LogP contribution in [0.5, 0.6) is 0 Å². The van der Waals surface area contributed by atoms with Gasteiger partial charge in [0.2, 0.25) is 0 Å². The quantitative estimate of drug-likeness (QED) is 0.245. The molecule has 1 aliphatic rings. The SMILES string of the molecule is CCCCCCCCCCCCCCCCCC(=O)O.CNC1CCCCC1. The van der Waals surface area contributed by atoms with Gasteiger partial charge >= 0.3 is 5.97 Å². The third-order valence-electron chi connectivity index (χ3n) is 6.01. The minimum absolute atomic E-state index is 0.345. The number of hydrogen-bond acceptors (Lipinski definition) is 2. The predicted octanol–water partition coefficient (Wildman–Crippen LogP) is 7.87. The molecule has 0 spiro atoms. The summed E-state index contributed by atoms with van der Waals surface area (Å²) in [4.78, 5) is 10.3. The molecular formula is C25H51NO2. The Hall–Kier alpha value is -0.570. The van der Waals surface area contributed by atoms with Gasteiger partial charge in [0.25, 0.3) is 0 Å². The zero-order valence-electron chi connectivity index (χ0n) is 19.3. The van der Waals surface area contributed by atoms with Crippen molar-refractivity contribution >= 4 is 5.97 Å². The van der Waals surface area contributed by atoms with Crippen molar-refractivity contribution in [1.29, 1.82) is 0 Å². The van der Waals surface area contributed by atoms with Gasteiger partial charge in [-0.05, 0) is 26.3 Å². The van der Waals surface area contributed by atoms with Crippen LogP contribution < -0.4 is 5.32 Å². The minimum atomic E-state index is -0.653. The van der Waals surface area contributed by atoms with Gasteiger partial charge in [-0.15, -0.1) is 0 Å². The van der Waals surface area contributed by atoms with E-state index in [2.05, 4.69) is 19.3 Å². The largest absolute Gasteiger partial charge is 0.481 e. The molecule has 3 heteroatoms. The van der Waals surface area contributed by atoms with Gasteiger partial charge in [0, 0.05) is 12.5 Å². The highest BCUT2D eigenvalue weighted by molar-refractivity contribution is 5.66. The standard InChI is InChI=1S/C18H36O2.C7H15N/c1-2-3-4-5-6-7-8-9-10-11-12-13-14-15-16-17-18(19)20;1-8-7-5-3-2-4-6-7/h2-17H2,1H3,(H,19,20);7-8H,2-6H2,1H3. The fourth-order valence-corrected chi connectivity index (χ4v) is 4.04. The van der Waals surface area contributed by atoms with Crippen LogP contribution in [0, 0.1) is 0 Å². The van der Waals surface area contributed by atoms with Gasteiger partial charge in [-0.25, -0.2) is 0 Å². The Morgan fingerprint density at radius 3 is 1.43 bits per heavy atom. The average molecular weight is 398 g/mol. The van der Waals surface area contributed by atoms with Crippen LogP contribution in [0.2, 0.25) is 0 Å². The second kappa shape index (κ2) is 22.7. The molecule has 2 N–H and O–H groups in total. The molecule has 0 heterocycles. The maximum atomic E-state index is 10.3. The molecule has 0 aromatic heterocycles. The second-order valence-electron chi connectivity index (χ2n) is 8.72. The van der Waals surface area contributed by atoms with Crippen molar-refractivity contribution in [3.8, 4) is 0 Å². The lowest BCUT2D eigenvalue weighted by Crippen LogP contribution is -2.26. The van der Waals surface area contributed by atoms with Crippen LogP contribution in [0.4, 0.5) is 0 Å². The molecular weight excluding hydrogens is 346 g/mol. The molecule has 1 saturated carbocycles. The van der Waals surface area contributed by atoms with E-state index in [1.54, 1.807) is 0 Å². The molecule has 0 unspecified atom stereocenters. The van der Waals surface area contributed by atoms with Crippen molar-refractivity contribution in [3.63, 3.8) is 0 Å². The molecule has 0 atom stereocenters. The topological polar surface area (TPSA) is 49.3 Å². The maximum absolute atomic E-state index is 10.3. The highest BCUT2D eigenvalue weighted by Gasteiger charge is 2.09. The summed E-state index contributed by atoms with van der Waals surface area (Å²) >= 11 is 0. The Labute approximate surface area is 176 Å². The Kier molecular flexibility index (Phi) is 22.3. The zero-order valence-corrected chi connectivity index (χ0v) is 19.3. The van der Waals surface area contributed by atoms with E-state index >= 15 is 0 Å². The van der Waals surface area contributed by atoms with E-state index in [1.165, 1.54) is 116 Å². The van der Waals surface area contributed by atoms with Crippen molar-refractivity contribution < 1.29 is 9.90 Å². The number of aliphatic carboxylic acids is 1. The summed E-state index contributed by atoms with van der Waals surface area (Å²) in [5, 5.41) is 11.8. The fraction of sp³-hybridized carbons (Fsp3) is 0.960. The average Bonchev–Trinajstić information content (AvgIpc) is 2.72. The summed E-state index contributed by atoms with van der Waals surface area (Å²) in [6.07, 6.45) is 27.3. The molecule has 168 valence electrons. The lowest BCUT2D eigenvalue weighted by atomic mass is 9.96. The van der Waals surface area contributed by atoms with Crippen LogP contribution >= 0.6 is 0 Å². The van der Waals surface area contributed by atoms with E-state index in [0.717, 1.165) is 18.9 Å². The lowest BCUT2D eigenvalue weighted by Gasteiger charge is -2.20. The third kappa shape index (κ3) is 21.7. The van der Waals surface area contributed by atoms with Gasteiger partial charge in [-0.1, -0.05) is 116 Å². The van der Waals surface area contributed by atoms with Gasteiger partial charge < -0.3 is 10.4 Å². The van der Waals surface area contributed by atoms with Crippen LogP contribution in [0.3, 0.4) is 0 Å². The van der Waals surface area contributed by atoms with Crippen molar-refractivity contribution in [3.05, 3.63) is 0 Å². The van der Waals surface area contributed by atoms with Crippen LogP contribution in [0.1, 0.15) is 142 Å². The summed E-state index contributed by atoms with van der Waals surface area (Å²) in [7, 11) is 2.07. The molecule has 1 fully saturated rings. The fourth-order valence-electron chi connectivity index (χ4n) is 4.04. The van der Waals surface area contributed by atoms with Gasteiger partial charge in [0.15, 0.2) is 0 Å². The molecule has 0 saturated heterocycles. The molecule has 1 aliphatic carbocycles. The number of unbranched alkanes of at least 4 members (excludes halogenated alkanes) is 14. The molecule has 0 aliphatic heterocycles. The van der Waals surface area contributed by atoms with Crippen molar-refractivity contribution in [2.45, 2.75) is 148 Å². The van der Waals surface area contributed by atoms with Crippen LogP contribution in [0.25, 0.3) is 0 Å². The zero-order chi connectivity index (χ0) is 20.7. The smallest absolute Gasteiger partial charge is 0.303 e. The Morgan fingerprint density at radius 2 is 1.11 bits per heavy atom. The van der Waals surface area contributed by atoms with Crippen LogP contribution in [-0.4, -0.2) is 24.2 Å². The van der Waals surface area contributed by atoms with Gasteiger partial charge in [0.1, 0.15) is 0 Å². The van der Waals surface area contributed by atoms with E-state index in [1.807, 2.05) is 0 Å². The Balaban J connectivity index is 0.000000749. The molecule has 0 radical (unpaired) electrons. The normalized spacial score (nSPS) is 14.5. The number of rotatable bonds is 17. The third-order valence-corrected chi connectivity index (χ3v) is 6.01.